The number of nitrogens with one attached hydrogen (secondary N) is 1. The van der Waals surface area contributed by atoms with Gasteiger partial charge in [0.15, 0.2) is 0 Å². The standard InChI is InChI=1S/C20H31N3O2.ClH/c1-15(2)16-8-10-17(11-9-16)18(21)13-22-19(24)14-23-12-6-4-3-5-7-20(23)25;/h8-11,15,18H,3-7,12-14,21H2,1-2H3,(H,22,24);1H. The molecular weight excluding hydrogens is 350 g/mol. The summed E-state index contributed by atoms with van der Waals surface area (Å²) in [6.07, 6.45) is 4.68. The largest absolute Gasteiger partial charge is 0.353 e. The Hall–Kier alpha value is -1.59. The fraction of sp³-hybridized carbons (Fsp3) is 0.600. The minimum atomic E-state index is -0.242. The number of benzene rings is 1. The predicted molar refractivity (Wildman–Crippen MR) is 107 cm³/mol. The lowest BCUT2D eigenvalue weighted by Crippen LogP contribution is -2.43. The average molecular weight is 382 g/mol. The molecule has 1 fully saturated rings. The predicted octanol–water partition coefficient (Wildman–Crippen LogP) is 3.14. The van der Waals surface area contributed by atoms with Gasteiger partial charge in [-0.05, 0) is 29.9 Å². The fourth-order valence-electron chi connectivity index (χ4n) is 3.08. The quantitative estimate of drug-likeness (QED) is 0.794. The zero-order valence-electron chi connectivity index (χ0n) is 15.9. The van der Waals surface area contributed by atoms with Crippen molar-refractivity contribution in [3.05, 3.63) is 35.4 Å². The Morgan fingerprint density at radius 2 is 1.73 bits per heavy atom. The highest BCUT2D eigenvalue weighted by Gasteiger charge is 2.18. The van der Waals surface area contributed by atoms with Crippen LogP contribution in [0.15, 0.2) is 24.3 Å². The summed E-state index contributed by atoms with van der Waals surface area (Å²) in [6.45, 7) is 5.50. The molecule has 1 atom stereocenters. The van der Waals surface area contributed by atoms with Crippen LogP contribution in [0.1, 0.15) is 69.0 Å². The van der Waals surface area contributed by atoms with Crippen molar-refractivity contribution in [1.82, 2.24) is 10.2 Å². The Kier molecular flexibility index (Phi) is 9.66. The second-order valence-corrected chi connectivity index (χ2v) is 7.21. The van der Waals surface area contributed by atoms with Gasteiger partial charge in [0.1, 0.15) is 0 Å². The van der Waals surface area contributed by atoms with Crippen LogP contribution in [0.4, 0.5) is 0 Å². The van der Waals surface area contributed by atoms with E-state index in [0.29, 0.717) is 25.4 Å². The van der Waals surface area contributed by atoms with E-state index in [1.807, 2.05) is 12.1 Å². The number of nitrogens with zero attached hydrogens (tertiary/aromatic N) is 1. The second-order valence-electron chi connectivity index (χ2n) is 7.21. The van der Waals surface area contributed by atoms with Gasteiger partial charge in [-0.25, -0.2) is 0 Å². The lowest BCUT2D eigenvalue weighted by molar-refractivity contribution is -0.136. The van der Waals surface area contributed by atoms with Crippen LogP contribution in [0.2, 0.25) is 0 Å². The third-order valence-electron chi connectivity index (χ3n) is 4.81. The maximum absolute atomic E-state index is 12.2. The van der Waals surface area contributed by atoms with Gasteiger partial charge < -0.3 is 16.0 Å². The number of nitrogens with two attached hydrogens (primary N) is 1. The first kappa shape index (κ1) is 22.5. The van der Waals surface area contributed by atoms with Gasteiger partial charge in [0.25, 0.3) is 0 Å². The van der Waals surface area contributed by atoms with Gasteiger partial charge in [-0.2, -0.15) is 0 Å². The van der Waals surface area contributed by atoms with Crippen LogP contribution >= 0.6 is 12.4 Å². The lowest BCUT2D eigenvalue weighted by atomic mass is 9.99. The molecule has 0 aliphatic carbocycles. The van der Waals surface area contributed by atoms with E-state index in [-0.39, 0.29) is 36.8 Å². The van der Waals surface area contributed by atoms with Crippen LogP contribution in [0.5, 0.6) is 0 Å². The van der Waals surface area contributed by atoms with Crippen molar-refractivity contribution < 1.29 is 9.59 Å². The monoisotopic (exact) mass is 381 g/mol. The zero-order chi connectivity index (χ0) is 18.2. The van der Waals surface area contributed by atoms with Gasteiger partial charge in [0.2, 0.25) is 11.8 Å². The molecule has 3 N–H and O–H groups in total. The van der Waals surface area contributed by atoms with Gasteiger partial charge in [-0.15, -0.1) is 12.4 Å². The molecule has 0 saturated carbocycles. The van der Waals surface area contributed by atoms with Crippen LogP contribution in [0, 0.1) is 0 Å². The van der Waals surface area contributed by atoms with Crippen molar-refractivity contribution >= 4 is 24.2 Å². The molecule has 2 amide bonds. The number of carbonyl (C=O) groups is 2. The van der Waals surface area contributed by atoms with E-state index >= 15 is 0 Å². The van der Waals surface area contributed by atoms with Gasteiger partial charge >= 0.3 is 0 Å². The van der Waals surface area contributed by atoms with E-state index in [0.717, 1.165) is 31.2 Å². The first-order chi connectivity index (χ1) is 12.0. The number of halogens is 1. The Bertz CT molecular complexity index is 575. The third-order valence-corrected chi connectivity index (χ3v) is 4.81. The summed E-state index contributed by atoms with van der Waals surface area (Å²) >= 11 is 0. The molecule has 5 nitrogen and oxygen atoms in total. The summed E-state index contributed by atoms with van der Waals surface area (Å²) < 4.78 is 0. The molecule has 1 unspecified atom stereocenters. The van der Waals surface area contributed by atoms with Crippen LogP contribution in [-0.2, 0) is 9.59 Å². The highest BCUT2D eigenvalue weighted by molar-refractivity contribution is 5.85. The summed E-state index contributed by atoms with van der Waals surface area (Å²) in [5.41, 5.74) is 8.46. The topological polar surface area (TPSA) is 75.4 Å². The molecular formula is C20H32ClN3O2. The van der Waals surface area contributed by atoms with E-state index in [9.17, 15) is 9.59 Å². The SMILES string of the molecule is CC(C)c1ccc(C(N)CNC(=O)CN2CCCCCCC2=O)cc1.Cl. The second kappa shape index (κ2) is 11.2. The minimum absolute atomic E-state index is 0. The van der Waals surface area contributed by atoms with Crippen molar-refractivity contribution in [3.63, 3.8) is 0 Å². The zero-order valence-corrected chi connectivity index (χ0v) is 16.7. The number of carbonyl (C=O) groups excluding carboxylic acids is 2. The summed E-state index contributed by atoms with van der Waals surface area (Å²) in [6, 6.07) is 7.97. The van der Waals surface area contributed by atoms with Gasteiger partial charge in [-0.1, -0.05) is 51.0 Å². The van der Waals surface area contributed by atoms with Crippen LogP contribution in [0.3, 0.4) is 0 Å². The number of amides is 2. The molecule has 1 aliphatic heterocycles. The number of hydrogen-bond donors (Lipinski definition) is 2. The van der Waals surface area contributed by atoms with E-state index in [1.54, 1.807) is 4.90 Å². The van der Waals surface area contributed by atoms with Gasteiger partial charge in [-0.3, -0.25) is 9.59 Å². The molecule has 26 heavy (non-hydrogen) atoms. The summed E-state index contributed by atoms with van der Waals surface area (Å²) in [4.78, 5) is 25.9. The highest BCUT2D eigenvalue weighted by atomic mass is 35.5. The number of likely N-dealkylation sites (tertiary alicyclic amines) is 1. The van der Waals surface area contributed by atoms with Gasteiger partial charge in [0.05, 0.1) is 6.54 Å². The number of hydrogen-bond acceptors (Lipinski definition) is 3. The molecule has 6 heteroatoms. The molecule has 0 spiro atoms. The first-order valence-corrected chi connectivity index (χ1v) is 9.37. The highest BCUT2D eigenvalue weighted by Crippen LogP contribution is 2.17. The summed E-state index contributed by atoms with van der Waals surface area (Å²) in [7, 11) is 0. The van der Waals surface area contributed by atoms with Crippen LogP contribution in [0.25, 0.3) is 0 Å². The van der Waals surface area contributed by atoms with Crippen molar-refractivity contribution in [2.45, 2.75) is 57.9 Å². The summed E-state index contributed by atoms with van der Waals surface area (Å²) in [5.74, 6) is 0.437. The number of rotatable bonds is 6. The van der Waals surface area contributed by atoms with Crippen molar-refractivity contribution in [2.24, 2.45) is 5.73 Å². The molecule has 1 saturated heterocycles. The van der Waals surface area contributed by atoms with Gasteiger partial charge in [0, 0.05) is 25.6 Å². The Morgan fingerprint density at radius 3 is 2.38 bits per heavy atom. The molecule has 2 rings (SSSR count). The molecule has 0 radical (unpaired) electrons. The molecule has 1 aromatic rings. The first-order valence-electron chi connectivity index (χ1n) is 9.37. The summed E-state index contributed by atoms with van der Waals surface area (Å²) in [5, 5.41) is 2.86. The molecule has 1 aromatic carbocycles. The minimum Gasteiger partial charge on any atom is -0.353 e. The van der Waals surface area contributed by atoms with E-state index in [2.05, 4.69) is 31.3 Å². The van der Waals surface area contributed by atoms with Crippen molar-refractivity contribution in [3.8, 4) is 0 Å². The molecule has 0 aromatic heterocycles. The molecule has 1 aliphatic rings. The smallest absolute Gasteiger partial charge is 0.239 e. The van der Waals surface area contributed by atoms with Crippen LogP contribution in [-0.4, -0.2) is 36.3 Å². The maximum Gasteiger partial charge on any atom is 0.239 e. The third kappa shape index (κ3) is 6.96. The Balaban J connectivity index is 0.00000338. The van der Waals surface area contributed by atoms with Crippen LogP contribution < -0.4 is 11.1 Å². The maximum atomic E-state index is 12.2. The van der Waals surface area contributed by atoms with E-state index in [4.69, 9.17) is 5.73 Å². The Morgan fingerprint density at radius 1 is 1.12 bits per heavy atom. The Labute approximate surface area is 163 Å². The molecule has 1 heterocycles. The van der Waals surface area contributed by atoms with Crippen molar-refractivity contribution in [2.75, 3.05) is 19.6 Å². The van der Waals surface area contributed by atoms with E-state index in [1.165, 1.54) is 5.56 Å². The fourth-order valence-corrected chi connectivity index (χ4v) is 3.08. The normalized spacial score (nSPS) is 16.5. The molecule has 0 bridgehead atoms. The molecule has 146 valence electrons. The van der Waals surface area contributed by atoms with Crippen molar-refractivity contribution in [1.29, 1.82) is 0 Å². The van der Waals surface area contributed by atoms with E-state index < -0.39 is 0 Å². The lowest BCUT2D eigenvalue weighted by Gasteiger charge is -2.24. The average Bonchev–Trinajstić information content (AvgIpc) is 2.59.